The van der Waals surface area contributed by atoms with Crippen LogP contribution in [-0.4, -0.2) is 20.3 Å². The second-order valence-corrected chi connectivity index (χ2v) is 5.06. The molecule has 0 fully saturated rings. The molecular formula is C17H20ClNO2. The second-order valence-electron chi connectivity index (χ2n) is 4.66. The van der Waals surface area contributed by atoms with Crippen molar-refractivity contribution in [2.75, 3.05) is 20.3 Å². The van der Waals surface area contributed by atoms with Gasteiger partial charge in [-0.2, -0.15) is 0 Å². The SMILES string of the molecule is COCCNCc1ccccc1OCc1ccccc1Cl. The summed E-state index contributed by atoms with van der Waals surface area (Å²) in [6, 6.07) is 15.7. The van der Waals surface area contributed by atoms with Crippen molar-refractivity contribution in [3.8, 4) is 5.75 Å². The Balaban J connectivity index is 1.95. The Bertz CT molecular complexity index is 560. The molecule has 3 nitrogen and oxygen atoms in total. The number of hydrogen-bond donors (Lipinski definition) is 1. The van der Waals surface area contributed by atoms with E-state index in [9.17, 15) is 0 Å². The molecule has 21 heavy (non-hydrogen) atoms. The Morgan fingerprint density at radius 2 is 1.71 bits per heavy atom. The van der Waals surface area contributed by atoms with Crippen molar-refractivity contribution in [1.82, 2.24) is 5.32 Å². The van der Waals surface area contributed by atoms with Gasteiger partial charge in [-0.15, -0.1) is 0 Å². The smallest absolute Gasteiger partial charge is 0.124 e. The zero-order valence-corrected chi connectivity index (χ0v) is 12.9. The molecule has 0 aliphatic carbocycles. The van der Waals surface area contributed by atoms with Crippen molar-refractivity contribution in [2.45, 2.75) is 13.2 Å². The van der Waals surface area contributed by atoms with Crippen molar-refractivity contribution in [3.05, 3.63) is 64.7 Å². The summed E-state index contributed by atoms with van der Waals surface area (Å²) < 4.78 is 10.9. The van der Waals surface area contributed by atoms with E-state index in [-0.39, 0.29) is 0 Å². The van der Waals surface area contributed by atoms with Gasteiger partial charge >= 0.3 is 0 Å². The largest absolute Gasteiger partial charge is 0.489 e. The number of rotatable bonds is 8. The topological polar surface area (TPSA) is 30.5 Å². The maximum absolute atomic E-state index is 6.14. The summed E-state index contributed by atoms with van der Waals surface area (Å²) >= 11 is 6.14. The molecule has 2 rings (SSSR count). The van der Waals surface area contributed by atoms with Crippen LogP contribution in [0, 0.1) is 0 Å². The summed E-state index contributed by atoms with van der Waals surface area (Å²) in [5, 5.41) is 4.05. The summed E-state index contributed by atoms with van der Waals surface area (Å²) in [7, 11) is 1.70. The van der Waals surface area contributed by atoms with Crippen molar-refractivity contribution in [1.29, 1.82) is 0 Å². The Labute approximate surface area is 130 Å². The van der Waals surface area contributed by atoms with Crippen LogP contribution in [0.2, 0.25) is 5.02 Å². The number of methoxy groups -OCH3 is 1. The van der Waals surface area contributed by atoms with Gasteiger partial charge in [0, 0.05) is 36.3 Å². The predicted molar refractivity (Wildman–Crippen MR) is 85.8 cm³/mol. The monoisotopic (exact) mass is 305 g/mol. The molecule has 2 aromatic rings. The summed E-state index contributed by atoms with van der Waals surface area (Å²) in [5.74, 6) is 0.877. The van der Waals surface area contributed by atoms with E-state index in [1.807, 2.05) is 42.5 Å². The van der Waals surface area contributed by atoms with Gasteiger partial charge in [0.2, 0.25) is 0 Å². The van der Waals surface area contributed by atoms with Gasteiger partial charge in [-0.1, -0.05) is 48.0 Å². The minimum atomic E-state index is 0.467. The minimum absolute atomic E-state index is 0.467. The summed E-state index contributed by atoms with van der Waals surface area (Å²) in [6.07, 6.45) is 0. The highest BCUT2D eigenvalue weighted by molar-refractivity contribution is 6.31. The number of ether oxygens (including phenoxy) is 2. The molecule has 1 N–H and O–H groups in total. The lowest BCUT2D eigenvalue weighted by Gasteiger charge is -2.13. The first-order valence-corrected chi connectivity index (χ1v) is 7.33. The predicted octanol–water partition coefficient (Wildman–Crippen LogP) is 3.66. The van der Waals surface area contributed by atoms with Gasteiger partial charge in [0.1, 0.15) is 12.4 Å². The Hall–Kier alpha value is -1.55. The average molecular weight is 306 g/mol. The van der Waals surface area contributed by atoms with Gasteiger partial charge < -0.3 is 14.8 Å². The van der Waals surface area contributed by atoms with Gasteiger partial charge in [-0.05, 0) is 12.1 Å². The first kappa shape index (κ1) is 15.8. The maximum Gasteiger partial charge on any atom is 0.124 e. The fourth-order valence-electron chi connectivity index (χ4n) is 1.96. The molecule has 4 heteroatoms. The third-order valence-corrected chi connectivity index (χ3v) is 3.48. The van der Waals surface area contributed by atoms with Gasteiger partial charge in [0.25, 0.3) is 0 Å². The molecule has 0 aliphatic rings. The first-order chi connectivity index (χ1) is 10.3. The van der Waals surface area contributed by atoms with Crippen LogP contribution >= 0.6 is 11.6 Å². The molecule has 0 bridgehead atoms. The van der Waals surface area contributed by atoms with Crippen molar-refractivity contribution < 1.29 is 9.47 Å². The van der Waals surface area contributed by atoms with Crippen LogP contribution < -0.4 is 10.1 Å². The molecule has 2 aromatic carbocycles. The Morgan fingerprint density at radius 3 is 2.48 bits per heavy atom. The first-order valence-electron chi connectivity index (χ1n) is 6.95. The van der Waals surface area contributed by atoms with Gasteiger partial charge in [-0.25, -0.2) is 0 Å². The molecule has 0 aromatic heterocycles. The second kappa shape index (κ2) is 8.67. The number of nitrogens with one attached hydrogen (secondary N) is 1. The van der Waals surface area contributed by atoms with Crippen LogP contribution in [0.5, 0.6) is 5.75 Å². The van der Waals surface area contributed by atoms with Crippen LogP contribution in [-0.2, 0) is 17.9 Å². The standard InChI is InChI=1S/C17H20ClNO2/c1-20-11-10-19-12-14-6-3-5-9-17(14)21-13-15-7-2-4-8-16(15)18/h2-9,19H,10-13H2,1H3. The number of para-hydroxylation sites is 1. The lowest BCUT2D eigenvalue weighted by molar-refractivity contribution is 0.199. The Kier molecular flexibility index (Phi) is 6.54. The van der Waals surface area contributed by atoms with Gasteiger partial charge in [-0.3, -0.25) is 0 Å². The molecule has 0 radical (unpaired) electrons. The molecular weight excluding hydrogens is 286 g/mol. The highest BCUT2D eigenvalue weighted by atomic mass is 35.5. The van der Waals surface area contributed by atoms with E-state index in [4.69, 9.17) is 21.1 Å². The Morgan fingerprint density at radius 1 is 1.00 bits per heavy atom. The highest BCUT2D eigenvalue weighted by Gasteiger charge is 2.05. The summed E-state index contributed by atoms with van der Waals surface area (Å²) in [6.45, 7) is 2.73. The van der Waals surface area contributed by atoms with Crippen LogP contribution in [0.4, 0.5) is 0 Å². The molecule has 0 heterocycles. The highest BCUT2D eigenvalue weighted by Crippen LogP contribution is 2.21. The van der Waals surface area contributed by atoms with Crippen LogP contribution in [0.3, 0.4) is 0 Å². The normalized spacial score (nSPS) is 10.6. The fraction of sp³-hybridized carbons (Fsp3) is 0.294. The van der Waals surface area contributed by atoms with Crippen molar-refractivity contribution in [2.24, 2.45) is 0 Å². The lowest BCUT2D eigenvalue weighted by atomic mass is 10.2. The van der Waals surface area contributed by atoms with Crippen molar-refractivity contribution >= 4 is 11.6 Å². The quantitative estimate of drug-likeness (QED) is 0.755. The fourth-order valence-corrected chi connectivity index (χ4v) is 2.15. The summed E-state index contributed by atoms with van der Waals surface area (Å²) in [5.41, 5.74) is 2.11. The van der Waals surface area contributed by atoms with E-state index < -0.39 is 0 Å². The average Bonchev–Trinajstić information content (AvgIpc) is 2.52. The zero-order chi connectivity index (χ0) is 14.9. The molecule has 0 atom stereocenters. The van der Waals surface area contributed by atoms with Crippen molar-refractivity contribution in [3.63, 3.8) is 0 Å². The molecule has 0 unspecified atom stereocenters. The van der Waals surface area contributed by atoms with Crippen LogP contribution in [0.1, 0.15) is 11.1 Å². The molecule has 0 spiro atoms. The minimum Gasteiger partial charge on any atom is -0.489 e. The van der Waals surface area contributed by atoms with E-state index in [1.54, 1.807) is 7.11 Å². The molecule has 0 saturated carbocycles. The molecule has 0 aliphatic heterocycles. The lowest BCUT2D eigenvalue weighted by Crippen LogP contribution is -2.19. The van der Waals surface area contributed by atoms with E-state index in [2.05, 4.69) is 11.4 Å². The van der Waals surface area contributed by atoms with Gasteiger partial charge in [0.05, 0.1) is 6.61 Å². The number of hydrogen-bond acceptors (Lipinski definition) is 3. The maximum atomic E-state index is 6.14. The molecule has 112 valence electrons. The van der Waals surface area contributed by atoms with Crippen LogP contribution in [0.15, 0.2) is 48.5 Å². The van der Waals surface area contributed by atoms with E-state index in [0.29, 0.717) is 13.2 Å². The van der Waals surface area contributed by atoms with Gasteiger partial charge in [0.15, 0.2) is 0 Å². The van der Waals surface area contributed by atoms with E-state index >= 15 is 0 Å². The summed E-state index contributed by atoms with van der Waals surface area (Å²) in [4.78, 5) is 0. The zero-order valence-electron chi connectivity index (χ0n) is 12.1. The number of halogens is 1. The van der Waals surface area contributed by atoms with Crippen LogP contribution in [0.25, 0.3) is 0 Å². The third-order valence-electron chi connectivity index (χ3n) is 3.11. The molecule has 0 saturated heterocycles. The van der Waals surface area contributed by atoms with E-state index in [0.717, 1.165) is 35.0 Å². The molecule has 0 amide bonds. The third kappa shape index (κ3) is 5.05. The number of benzene rings is 2. The van der Waals surface area contributed by atoms with E-state index in [1.165, 1.54) is 0 Å².